The Kier molecular flexibility index (Phi) is 8.80. The van der Waals surface area contributed by atoms with Crippen molar-refractivity contribution in [1.29, 1.82) is 0 Å². The van der Waals surface area contributed by atoms with Gasteiger partial charge in [-0.3, -0.25) is 4.79 Å². The van der Waals surface area contributed by atoms with Crippen LogP contribution in [0.15, 0.2) is 94.3 Å². The van der Waals surface area contributed by atoms with Gasteiger partial charge in [0, 0.05) is 22.1 Å². The molecule has 3 aromatic rings. The largest absolute Gasteiger partial charge is 0.444 e. The summed E-state index contributed by atoms with van der Waals surface area (Å²) in [6, 6.07) is 26.1. The predicted octanol–water partition coefficient (Wildman–Crippen LogP) is 6.84. The van der Waals surface area contributed by atoms with E-state index in [1.165, 1.54) is 11.8 Å². The number of hydrogen-bond donors (Lipinski definition) is 1. The Hall–Kier alpha value is -2.77. The molecule has 34 heavy (non-hydrogen) atoms. The summed E-state index contributed by atoms with van der Waals surface area (Å²) >= 11 is 4.88. The number of alkyl carbamates (subject to hydrolysis) is 1. The molecule has 0 fully saturated rings. The van der Waals surface area contributed by atoms with Crippen molar-refractivity contribution >= 4 is 45.4 Å². The van der Waals surface area contributed by atoms with E-state index in [0.29, 0.717) is 0 Å². The summed E-state index contributed by atoms with van der Waals surface area (Å²) in [4.78, 5) is 29.3. The smallest absolute Gasteiger partial charge is 0.408 e. The molecule has 178 valence electrons. The van der Waals surface area contributed by atoms with E-state index >= 15 is 0 Å². The number of rotatable bonds is 7. The van der Waals surface area contributed by atoms with E-state index in [1.54, 1.807) is 11.9 Å². The van der Waals surface area contributed by atoms with E-state index in [9.17, 15) is 9.59 Å². The number of thioether (sulfide) groups is 1. The van der Waals surface area contributed by atoms with Crippen molar-refractivity contribution in [3.8, 4) is 0 Å². The van der Waals surface area contributed by atoms with Gasteiger partial charge in [0.25, 0.3) is 0 Å². The number of amides is 2. The second-order valence-corrected chi connectivity index (χ2v) is 10.9. The minimum atomic E-state index is -0.665. The van der Waals surface area contributed by atoms with Crippen molar-refractivity contribution in [2.45, 2.75) is 42.6 Å². The fraction of sp³-hybridized carbons (Fsp3) is 0.259. The van der Waals surface area contributed by atoms with Crippen LogP contribution in [0.1, 0.15) is 32.4 Å². The van der Waals surface area contributed by atoms with Crippen LogP contribution in [0.3, 0.4) is 0 Å². The maximum Gasteiger partial charge on any atom is 0.408 e. The zero-order valence-electron chi connectivity index (χ0n) is 19.7. The maximum absolute atomic E-state index is 13.9. The number of hydrogen-bond acceptors (Lipinski definition) is 4. The lowest BCUT2D eigenvalue weighted by Crippen LogP contribution is -2.45. The number of carbonyl (C=O) groups excluding carboxylic acids is 2. The lowest BCUT2D eigenvalue weighted by atomic mass is 10.0. The third kappa shape index (κ3) is 7.37. The van der Waals surface area contributed by atoms with Gasteiger partial charge in [-0.05, 0) is 62.7 Å². The Morgan fingerprint density at radius 1 is 0.912 bits per heavy atom. The number of ether oxygens (including phenoxy) is 1. The van der Waals surface area contributed by atoms with Gasteiger partial charge in [0.05, 0.1) is 6.04 Å². The molecule has 0 aliphatic heterocycles. The highest BCUT2D eigenvalue weighted by atomic mass is 79.9. The van der Waals surface area contributed by atoms with Crippen LogP contribution in [0.4, 0.5) is 10.5 Å². The quantitative estimate of drug-likeness (QED) is 0.333. The molecular weight excluding hydrogens is 512 g/mol. The third-order valence-electron chi connectivity index (χ3n) is 4.93. The van der Waals surface area contributed by atoms with Crippen LogP contribution in [-0.2, 0) is 9.53 Å². The number of halogens is 1. The number of benzene rings is 3. The Balaban J connectivity index is 2.03. The summed E-state index contributed by atoms with van der Waals surface area (Å²) in [6.45, 7) is 5.43. The molecule has 0 radical (unpaired) electrons. The Morgan fingerprint density at radius 2 is 1.47 bits per heavy atom. The molecule has 0 spiro atoms. The standard InChI is InChI=1S/C27H29BrN2O3S/c1-27(2,3)33-26(32)29-23(19-15-17-20(28)18-16-19)24(34-22-13-9-6-10-14-22)25(31)30(4)21-11-7-5-8-12-21/h5-18,23-24H,1-4H3,(H,29,32)/t23-,24-/m1/s1. The summed E-state index contributed by atoms with van der Waals surface area (Å²) in [5.41, 5.74) is 0.914. The van der Waals surface area contributed by atoms with Gasteiger partial charge in [0.2, 0.25) is 5.91 Å². The zero-order chi connectivity index (χ0) is 24.7. The minimum absolute atomic E-state index is 0.135. The topological polar surface area (TPSA) is 58.6 Å². The van der Waals surface area contributed by atoms with Crippen molar-refractivity contribution in [2.24, 2.45) is 0 Å². The van der Waals surface area contributed by atoms with E-state index in [1.807, 2.05) is 106 Å². The number of anilines is 1. The molecule has 0 saturated carbocycles. The normalized spacial score (nSPS) is 13.0. The summed E-state index contributed by atoms with van der Waals surface area (Å²) < 4.78 is 6.45. The molecule has 0 heterocycles. The van der Waals surface area contributed by atoms with Gasteiger partial charge in [0.1, 0.15) is 10.9 Å². The molecule has 0 unspecified atom stereocenters. The van der Waals surface area contributed by atoms with Crippen LogP contribution < -0.4 is 10.2 Å². The predicted molar refractivity (Wildman–Crippen MR) is 142 cm³/mol. The van der Waals surface area contributed by atoms with E-state index in [-0.39, 0.29) is 5.91 Å². The van der Waals surface area contributed by atoms with Crippen LogP contribution in [0.25, 0.3) is 0 Å². The Labute approximate surface area is 214 Å². The first-order chi connectivity index (χ1) is 16.1. The molecule has 0 aromatic heterocycles. The molecular formula is C27H29BrN2O3S. The van der Waals surface area contributed by atoms with E-state index in [4.69, 9.17) is 4.74 Å². The highest BCUT2D eigenvalue weighted by molar-refractivity contribution is 9.10. The van der Waals surface area contributed by atoms with Crippen LogP contribution in [0.2, 0.25) is 0 Å². The van der Waals surface area contributed by atoms with Gasteiger partial charge in [0.15, 0.2) is 0 Å². The first kappa shape index (κ1) is 25.8. The lowest BCUT2D eigenvalue weighted by Gasteiger charge is -2.31. The van der Waals surface area contributed by atoms with Gasteiger partial charge < -0.3 is 15.0 Å². The van der Waals surface area contributed by atoms with Gasteiger partial charge in [-0.2, -0.15) is 0 Å². The molecule has 0 aliphatic rings. The summed E-state index contributed by atoms with van der Waals surface area (Å²) in [5.74, 6) is -0.135. The average Bonchev–Trinajstić information content (AvgIpc) is 2.81. The van der Waals surface area contributed by atoms with Crippen LogP contribution >= 0.6 is 27.7 Å². The van der Waals surface area contributed by atoms with Crippen molar-refractivity contribution in [2.75, 3.05) is 11.9 Å². The molecule has 2 amide bonds. The Morgan fingerprint density at radius 3 is 2.03 bits per heavy atom. The molecule has 0 aliphatic carbocycles. The average molecular weight is 542 g/mol. The molecule has 3 aromatic carbocycles. The number of para-hydroxylation sites is 1. The fourth-order valence-corrected chi connectivity index (χ4v) is 4.81. The SMILES string of the molecule is CN(C(=O)[C@H](Sc1ccccc1)[C@H](NC(=O)OC(C)(C)C)c1ccc(Br)cc1)c1ccccc1. The molecule has 2 atom stereocenters. The first-order valence-electron chi connectivity index (χ1n) is 10.9. The molecule has 0 bridgehead atoms. The number of carbonyl (C=O) groups is 2. The number of nitrogens with one attached hydrogen (secondary N) is 1. The number of nitrogens with zero attached hydrogens (tertiary/aromatic N) is 1. The summed E-state index contributed by atoms with van der Waals surface area (Å²) in [6.07, 6.45) is -0.575. The van der Waals surface area contributed by atoms with Gasteiger partial charge in [-0.15, -0.1) is 11.8 Å². The first-order valence-corrected chi connectivity index (χ1v) is 12.6. The van der Waals surface area contributed by atoms with E-state index in [2.05, 4.69) is 21.2 Å². The monoisotopic (exact) mass is 540 g/mol. The lowest BCUT2D eigenvalue weighted by molar-refractivity contribution is -0.118. The van der Waals surface area contributed by atoms with Crippen LogP contribution in [0, 0.1) is 0 Å². The summed E-state index contributed by atoms with van der Waals surface area (Å²) in [5, 5.41) is 2.32. The second kappa shape index (κ2) is 11.6. The zero-order valence-corrected chi connectivity index (χ0v) is 22.1. The fourth-order valence-electron chi connectivity index (χ4n) is 3.31. The minimum Gasteiger partial charge on any atom is -0.444 e. The van der Waals surface area contributed by atoms with Gasteiger partial charge >= 0.3 is 6.09 Å². The van der Waals surface area contributed by atoms with Crippen molar-refractivity contribution in [3.63, 3.8) is 0 Å². The molecule has 7 heteroatoms. The van der Waals surface area contributed by atoms with Gasteiger partial charge in [-0.1, -0.05) is 64.5 Å². The van der Waals surface area contributed by atoms with Crippen molar-refractivity contribution < 1.29 is 14.3 Å². The maximum atomic E-state index is 13.9. The van der Waals surface area contributed by atoms with Gasteiger partial charge in [-0.25, -0.2) is 4.79 Å². The van der Waals surface area contributed by atoms with E-state index < -0.39 is 23.0 Å². The molecule has 3 rings (SSSR count). The molecule has 5 nitrogen and oxygen atoms in total. The van der Waals surface area contributed by atoms with Crippen LogP contribution in [-0.4, -0.2) is 29.9 Å². The van der Waals surface area contributed by atoms with Crippen molar-refractivity contribution in [1.82, 2.24) is 5.32 Å². The van der Waals surface area contributed by atoms with E-state index in [0.717, 1.165) is 20.6 Å². The summed E-state index contributed by atoms with van der Waals surface area (Å²) in [7, 11) is 1.75. The Bertz CT molecular complexity index is 1090. The second-order valence-electron chi connectivity index (χ2n) is 8.76. The molecule has 1 N–H and O–H groups in total. The molecule has 0 saturated heterocycles. The van der Waals surface area contributed by atoms with Crippen molar-refractivity contribution in [3.05, 3.63) is 95.0 Å². The highest BCUT2D eigenvalue weighted by Gasteiger charge is 2.35. The highest BCUT2D eigenvalue weighted by Crippen LogP contribution is 2.35. The van der Waals surface area contributed by atoms with Crippen LogP contribution in [0.5, 0.6) is 0 Å². The third-order valence-corrected chi connectivity index (χ3v) is 6.73.